The number of nitrogens with one attached hydrogen (secondary N) is 1. The van der Waals surface area contributed by atoms with E-state index in [2.05, 4.69) is 21.2 Å². The summed E-state index contributed by atoms with van der Waals surface area (Å²) in [6.45, 7) is 5.75. The molecule has 0 aliphatic carbocycles. The van der Waals surface area contributed by atoms with Crippen LogP contribution in [0.5, 0.6) is 0 Å². The van der Waals surface area contributed by atoms with Crippen LogP contribution in [0.1, 0.15) is 29.8 Å². The van der Waals surface area contributed by atoms with Crippen molar-refractivity contribution in [2.45, 2.75) is 26.8 Å². The number of carbonyl (C=O) groups is 2. The SMILES string of the molecule is Cc1cc(Br)cc(C(=O)N(C)CC(=O)NC(C)C)c1. The Balaban J connectivity index is 2.74. The lowest BCUT2D eigenvalue weighted by molar-refractivity contribution is -0.122. The molecule has 2 amide bonds. The molecule has 1 aromatic rings. The van der Waals surface area contributed by atoms with Gasteiger partial charge in [-0.25, -0.2) is 0 Å². The normalized spacial score (nSPS) is 10.4. The zero-order chi connectivity index (χ0) is 14.6. The molecule has 0 fully saturated rings. The number of likely N-dealkylation sites (N-methyl/N-ethyl adjacent to an activating group) is 1. The number of benzene rings is 1. The van der Waals surface area contributed by atoms with Crippen molar-refractivity contribution >= 4 is 27.7 Å². The second kappa shape index (κ2) is 6.70. The number of hydrogen-bond donors (Lipinski definition) is 1. The first-order valence-electron chi connectivity index (χ1n) is 6.11. The first-order chi connectivity index (χ1) is 8.79. The number of carbonyl (C=O) groups excluding carboxylic acids is 2. The van der Waals surface area contributed by atoms with Crippen LogP contribution in [0.3, 0.4) is 0 Å². The highest BCUT2D eigenvalue weighted by molar-refractivity contribution is 9.10. The maximum atomic E-state index is 12.2. The molecule has 19 heavy (non-hydrogen) atoms. The van der Waals surface area contributed by atoms with E-state index >= 15 is 0 Å². The van der Waals surface area contributed by atoms with Crippen LogP contribution in [-0.4, -0.2) is 36.3 Å². The Morgan fingerprint density at radius 3 is 2.47 bits per heavy atom. The minimum Gasteiger partial charge on any atom is -0.352 e. The van der Waals surface area contributed by atoms with E-state index < -0.39 is 0 Å². The number of hydrogen-bond acceptors (Lipinski definition) is 2. The third-order valence-electron chi connectivity index (χ3n) is 2.47. The van der Waals surface area contributed by atoms with E-state index in [1.54, 1.807) is 13.1 Å². The number of aryl methyl sites for hydroxylation is 1. The van der Waals surface area contributed by atoms with E-state index in [4.69, 9.17) is 0 Å². The topological polar surface area (TPSA) is 49.4 Å². The molecule has 0 aliphatic heterocycles. The van der Waals surface area contributed by atoms with Crippen molar-refractivity contribution in [1.82, 2.24) is 10.2 Å². The third-order valence-corrected chi connectivity index (χ3v) is 2.92. The van der Waals surface area contributed by atoms with Gasteiger partial charge >= 0.3 is 0 Å². The van der Waals surface area contributed by atoms with Crippen LogP contribution in [0.2, 0.25) is 0 Å². The highest BCUT2D eigenvalue weighted by Gasteiger charge is 2.15. The summed E-state index contributed by atoms with van der Waals surface area (Å²) in [7, 11) is 1.62. The van der Waals surface area contributed by atoms with Gasteiger partial charge in [-0.3, -0.25) is 9.59 Å². The molecule has 1 N–H and O–H groups in total. The second-order valence-electron chi connectivity index (χ2n) is 4.90. The van der Waals surface area contributed by atoms with Gasteiger partial charge in [0, 0.05) is 23.1 Å². The maximum Gasteiger partial charge on any atom is 0.254 e. The fraction of sp³-hybridized carbons (Fsp3) is 0.429. The Kier molecular flexibility index (Phi) is 5.54. The summed E-state index contributed by atoms with van der Waals surface area (Å²) < 4.78 is 0.857. The van der Waals surface area contributed by atoms with Crippen LogP contribution in [0.25, 0.3) is 0 Å². The first-order valence-corrected chi connectivity index (χ1v) is 6.91. The Bertz CT molecular complexity index is 466. The van der Waals surface area contributed by atoms with Gasteiger partial charge in [-0.15, -0.1) is 0 Å². The molecule has 0 bridgehead atoms. The molecule has 0 saturated heterocycles. The fourth-order valence-electron chi connectivity index (χ4n) is 1.74. The lowest BCUT2D eigenvalue weighted by Gasteiger charge is -2.18. The van der Waals surface area contributed by atoms with Crippen LogP contribution in [0.15, 0.2) is 22.7 Å². The van der Waals surface area contributed by atoms with E-state index in [1.807, 2.05) is 32.9 Å². The fourth-order valence-corrected chi connectivity index (χ4v) is 2.34. The lowest BCUT2D eigenvalue weighted by Crippen LogP contribution is -2.40. The zero-order valence-corrected chi connectivity index (χ0v) is 13.2. The van der Waals surface area contributed by atoms with Gasteiger partial charge in [0.1, 0.15) is 0 Å². The number of amides is 2. The molecule has 0 aromatic heterocycles. The summed E-state index contributed by atoms with van der Waals surface area (Å²) in [6.07, 6.45) is 0. The monoisotopic (exact) mass is 326 g/mol. The molecule has 104 valence electrons. The summed E-state index contributed by atoms with van der Waals surface area (Å²) in [6, 6.07) is 5.57. The van der Waals surface area contributed by atoms with Crippen molar-refractivity contribution in [3.05, 3.63) is 33.8 Å². The largest absolute Gasteiger partial charge is 0.352 e. The quantitative estimate of drug-likeness (QED) is 0.923. The van der Waals surface area contributed by atoms with Crippen molar-refractivity contribution in [3.8, 4) is 0 Å². The summed E-state index contributed by atoms with van der Waals surface area (Å²) >= 11 is 3.36. The molecule has 1 aromatic carbocycles. The van der Waals surface area contributed by atoms with Gasteiger partial charge in [-0.2, -0.15) is 0 Å². The molecular formula is C14H19BrN2O2. The van der Waals surface area contributed by atoms with Crippen molar-refractivity contribution in [1.29, 1.82) is 0 Å². The van der Waals surface area contributed by atoms with Crippen molar-refractivity contribution in [3.63, 3.8) is 0 Å². The molecule has 1 rings (SSSR count). The van der Waals surface area contributed by atoms with Crippen molar-refractivity contribution in [2.75, 3.05) is 13.6 Å². The van der Waals surface area contributed by atoms with Crippen LogP contribution in [0.4, 0.5) is 0 Å². The Morgan fingerprint density at radius 2 is 1.95 bits per heavy atom. The number of nitrogens with zero attached hydrogens (tertiary/aromatic N) is 1. The van der Waals surface area contributed by atoms with Crippen LogP contribution in [0, 0.1) is 6.92 Å². The van der Waals surface area contributed by atoms with Crippen LogP contribution in [-0.2, 0) is 4.79 Å². The standard InChI is InChI=1S/C14H19BrN2O2/c1-9(2)16-13(18)8-17(4)14(19)11-5-10(3)6-12(15)7-11/h5-7,9H,8H2,1-4H3,(H,16,18). The Labute approximate surface area is 122 Å². The molecule has 0 atom stereocenters. The molecule has 0 radical (unpaired) electrons. The van der Waals surface area contributed by atoms with Crippen molar-refractivity contribution < 1.29 is 9.59 Å². The van der Waals surface area contributed by atoms with Gasteiger partial charge in [-0.05, 0) is 44.5 Å². The third kappa shape index (κ3) is 5.03. The van der Waals surface area contributed by atoms with Crippen LogP contribution >= 0.6 is 15.9 Å². The summed E-state index contributed by atoms with van der Waals surface area (Å²) in [5.74, 6) is -0.319. The lowest BCUT2D eigenvalue weighted by atomic mass is 10.1. The number of rotatable bonds is 4. The molecule has 0 heterocycles. The van der Waals surface area contributed by atoms with Gasteiger partial charge in [-0.1, -0.05) is 15.9 Å². The number of halogens is 1. The maximum absolute atomic E-state index is 12.2. The van der Waals surface area contributed by atoms with E-state index in [9.17, 15) is 9.59 Å². The molecule has 0 spiro atoms. The Hall–Kier alpha value is -1.36. The average Bonchev–Trinajstić information content (AvgIpc) is 2.25. The van der Waals surface area contributed by atoms with Gasteiger partial charge < -0.3 is 10.2 Å². The van der Waals surface area contributed by atoms with Crippen molar-refractivity contribution in [2.24, 2.45) is 0 Å². The van der Waals surface area contributed by atoms with E-state index in [0.717, 1.165) is 10.0 Å². The first kappa shape index (κ1) is 15.7. The average molecular weight is 327 g/mol. The van der Waals surface area contributed by atoms with Gasteiger partial charge in [0.15, 0.2) is 0 Å². The highest BCUT2D eigenvalue weighted by atomic mass is 79.9. The summed E-state index contributed by atoms with van der Waals surface area (Å²) in [4.78, 5) is 25.2. The molecular weight excluding hydrogens is 308 g/mol. The summed E-state index contributed by atoms with van der Waals surface area (Å²) in [5.41, 5.74) is 1.57. The van der Waals surface area contributed by atoms with Gasteiger partial charge in [0.2, 0.25) is 5.91 Å². The zero-order valence-electron chi connectivity index (χ0n) is 11.7. The predicted molar refractivity (Wildman–Crippen MR) is 79.1 cm³/mol. The molecule has 5 heteroatoms. The van der Waals surface area contributed by atoms with Crippen LogP contribution < -0.4 is 5.32 Å². The Morgan fingerprint density at radius 1 is 1.32 bits per heavy atom. The molecule has 0 unspecified atom stereocenters. The molecule has 4 nitrogen and oxygen atoms in total. The van der Waals surface area contributed by atoms with Gasteiger partial charge in [0.05, 0.1) is 6.54 Å². The predicted octanol–water partition coefficient (Wildman–Crippen LogP) is 2.35. The minimum absolute atomic E-state index is 0.0581. The van der Waals surface area contributed by atoms with Gasteiger partial charge in [0.25, 0.3) is 5.91 Å². The minimum atomic E-state index is -0.164. The smallest absolute Gasteiger partial charge is 0.254 e. The molecule has 0 aliphatic rings. The summed E-state index contributed by atoms with van der Waals surface area (Å²) in [5, 5.41) is 2.76. The highest BCUT2D eigenvalue weighted by Crippen LogP contribution is 2.16. The van der Waals surface area contributed by atoms with E-state index in [0.29, 0.717) is 5.56 Å². The van der Waals surface area contributed by atoms with E-state index in [-0.39, 0.29) is 24.4 Å². The molecule has 0 saturated carbocycles. The van der Waals surface area contributed by atoms with E-state index in [1.165, 1.54) is 4.90 Å². The second-order valence-corrected chi connectivity index (χ2v) is 5.82.